The lowest BCUT2D eigenvalue weighted by Crippen LogP contribution is -2.52. The maximum Gasteiger partial charge on any atom is 0.255 e. The molecule has 3 heterocycles. The van der Waals surface area contributed by atoms with Crippen LogP contribution in [-0.2, 0) is 22.7 Å². The minimum atomic E-state index is -0.550. The van der Waals surface area contributed by atoms with Gasteiger partial charge in [0.15, 0.2) is 0 Å². The molecule has 0 aliphatic carbocycles. The van der Waals surface area contributed by atoms with E-state index >= 15 is 0 Å². The van der Waals surface area contributed by atoms with E-state index in [1.165, 1.54) is 0 Å². The van der Waals surface area contributed by atoms with Crippen LogP contribution in [0.3, 0.4) is 0 Å². The van der Waals surface area contributed by atoms with Crippen molar-refractivity contribution in [1.82, 2.24) is 20.4 Å². The highest BCUT2D eigenvalue weighted by Crippen LogP contribution is 2.28. The Morgan fingerprint density at radius 1 is 1.14 bits per heavy atom. The molecule has 0 saturated carbocycles. The minimum Gasteiger partial charge on any atom is -0.322 e. The zero-order chi connectivity index (χ0) is 19.7. The molecule has 1 atom stereocenters. The first kappa shape index (κ1) is 19.1. The Labute approximate surface area is 165 Å². The Bertz CT molecular complexity index is 786. The van der Waals surface area contributed by atoms with Gasteiger partial charge in [-0.2, -0.15) is 0 Å². The average molecular weight is 384 g/mol. The summed E-state index contributed by atoms with van der Waals surface area (Å²) in [5.41, 5.74) is 2.80. The second-order valence-corrected chi connectivity index (χ2v) is 8.00. The van der Waals surface area contributed by atoms with Crippen LogP contribution in [0, 0.1) is 0 Å². The second-order valence-electron chi connectivity index (χ2n) is 8.00. The van der Waals surface area contributed by atoms with Gasteiger partial charge >= 0.3 is 0 Å². The van der Waals surface area contributed by atoms with Gasteiger partial charge in [0.05, 0.1) is 0 Å². The minimum absolute atomic E-state index is 0.0998. The summed E-state index contributed by atoms with van der Waals surface area (Å²) in [6, 6.07) is 6.16. The predicted octanol–water partition coefficient (Wildman–Crippen LogP) is 1.02. The van der Waals surface area contributed by atoms with Crippen LogP contribution >= 0.6 is 0 Å². The summed E-state index contributed by atoms with van der Waals surface area (Å²) in [6.07, 6.45) is 2.99. The highest BCUT2D eigenvalue weighted by atomic mass is 16.2. The molecule has 28 heavy (non-hydrogen) atoms. The zero-order valence-electron chi connectivity index (χ0n) is 16.4. The molecule has 1 aromatic carbocycles. The van der Waals surface area contributed by atoms with Gasteiger partial charge in [-0.25, -0.2) is 0 Å². The van der Waals surface area contributed by atoms with E-state index in [0.29, 0.717) is 24.6 Å². The predicted molar refractivity (Wildman–Crippen MR) is 104 cm³/mol. The summed E-state index contributed by atoms with van der Waals surface area (Å²) in [5, 5.41) is 5.87. The molecule has 4 rings (SSSR count). The first-order valence-corrected chi connectivity index (χ1v) is 10.3. The third-order valence-electron chi connectivity index (χ3n) is 6.08. The van der Waals surface area contributed by atoms with Crippen LogP contribution in [0.5, 0.6) is 0 Å². The van der Waals surface area contributed by atoms with Gasteiger partial charge in [-0.15, -0.1) is 0 Å². The lowest BCUT2D eigenvalue weighted by molar-refractivity contribution is -0.136. The van der Waals surface area contributed by atoms with Gasteiger partial charge in [-0.1, -0.05) is 19.1 Å². The number of piperidine rings is 2. The molecular weight excluding hydrogens is 356 g/mol. The maximum absolute atomic E-state index is 12.9. The fraction of sp³-hybridized carbons (Fsp3) is 0.571. The molecule has 2 N–H and O–H groups in total. The Balaban J connectivity index is 1.41. The Kier molecular flexibility index (Phi) is 5.46. The summed E-state index contributed by atoms with van der Waals surface area (Å²) < 4.78 is 0. The molecule has 0 radical (unpaired) electrons. The number of rotatable bonds is 5. The van der Waals surface area contributed by atoms with Crippen LogP contribution in [-0.4, -0.2) is 59.2 Å². The third kappa shape index (κ3) is 3.82. The van der Waals surface area contributed by atoms with E-state index < -0.39 is 6.04 Å². The van der Waals surface area contributed by atoms with Crippen LogP contribution in [0.15, 0.2) is 18.2 Å². The fourth-order valence-corrected chi connectivity index (χ4v) is 4.54. The molecule has 3 aliphatic rings. The van der Waals surface area contributed by atoms with Gasteiger partial charge in [0.1, 0.15) is 6.04 Å². The SMILES string of the molecule is CCNC1CCN(Cc2ccc3c(c2)C(=O)N(C2CCC(=O)NC2=O)C3)CC1. The van der Waals surface area contributed by atoms with Gasteiger partial charge in [0, 0.05) is 31.1 Å². The van der Waals surface area contributed by atoms with E-state index in [1.54, 1.807) is 4.90 Å². The number of hydrogen-bond acceptors (Lipinski definition) is 5. The molecule has 3 aliphatic heterocycles. The van der Waals surface area contributed by atoms with Crippen LogP contribution in [0.25, 0.3) is 0 Å². The number of hydrogen-bond donors (Lipinski definition) is 2. The van der Waals surface area contributed by atoms with Crippen molar-refractivity contribution in [1.29, 1.82) is 0 Å². The van der Waals surface area contributed by atoms with Gasteiger partial charge in [-0.3, -0.25) is 24.6 Å². The summed E-state index contributed by atoms with van der Waals surface area (Å²) in [7, 11) is 0. The van der Waals surface area contributed by atoms with Gasteiger partial charge in [0.25, 0.3) is 5.91 Å². The van der Waals surface area contributed by atoms with Crippen molar-refractivity contribution >= 4 is 17.7 Å². The van der Waals surface area contributed by atoms with Gasteiger partial charge < -0.3 is 10.2 Å². The van der Waals surface area contributed by atoms with Gasteiger partial charge in [0.2, 0.25) is 11.8 Å². The maximum atomic E-state index is 12.9. The molecule has 2 saturated heterocycles. The van der Waals surface area contributed by atoms with Crippen molar-refractivity contribution in [3.63, 3.8) is 0 Å². The Morgan fingerprint density at radius 2 is 1.93 bits per heavy atom. The lowest BCUT2D eigenvalue weighted by Gasteiger charge is -2.32. The van der Waals surface area contributed by atoms with E-state index in [2.05, 4.69) is 28.5 Å². The van der Waals surface area contributed by atoms with E-state index in [0.717, 1.165) is 50.1 Å². The van der Waals surface area contributed by atoms with Crippen molar-refractivity contribution in [2.75, 3.05) is 19.6 Å². The number of nitrogens with one attached hydrogen (secondary N) is 2. The number of likely N-dealkylation sites (tertiary alicyclic amines) is 1. The standard InChI is InChI=1S/C21H28N4O3/c1-2-22-16-7-9-24(10-8-16)12-14-3-4-15-13-25(21(28)17(15)11-14)18-5-6-19(26)23-20(18)27/h3-4,11,16,18,22H,2,5-10,12-13H2,1H3,(H,23,26,27). The van der Waals surface area contributed by atoms with E-state index in [1.807, 2.05) is 12.1 Å². The molecule has 3 amide bonds. The number of carbonyl (C=O) groups is 3. The number of fused-ring (bicyclic) bond motifs is 1. The molecule has 1 aromatic rings. The van der Waals surface area contributed by atoms with E-state index in [4.69, 9.17) is 0 Å². The third-order valence-corrected chi connectivity index (χ3v) is 6.08. The highest BCUT2D eigenvalue weighted by Gasteiger charge is 2.39. The second kappa shape index (κ2) is 8.01. The van der Waals surface area contributed by atoms with Crippen molar-refractivity contribution in [2.24, 2.45) is 0 Å². The van der Waals surface area contributed by atoms with Crippen molar-refractivity contribution < 1.29 is 14.4 Å². The number of amides is 3. The monoisotopic (exact) mass is 384 g/mol. The summed E-state index contributed by atoms with van der Waals surface area (Å²) in [6.45, 7) is 6.57. The Morgan fingerprint density at radius 3 is 2.64 bits per heavy atom. The number of benzene rings is 1. The first-order valence-electron chi connectivity index (χ1n) is 10.3. The van der Waals surface area contributed by atoms with Crippen LogP contribution in [0.2, 0.25) is 0 Å². The molecular formula is C21H28N4O3. The Hall–Kier alpha value is -2.25. The highest BCUT2D eigenvalue weighted by molar-refractivity contribution is 6.05. The number of carbonyl (C=O) groups excluding carboxylic acids is 3. The molecule has 2 fully saturated rings. The topological polar surface area (TPSA) is 81.8 Å². The van der Waals surface area contributed by atoms with E-state index in [-0.39, 0.29) is 24.1 Å². The fourth-order valence-electron chi connectivity index (χ4n) is 4.54. The van der Waals surface area contributed by atoms with Crippen molar-refractivity contribution in [2.45, 2.75) is 57.8 Å². The van der Waals surface area contributed by atoms with Crippen LogP contribution in [0.4, 0.5) is 0 Å². The molecule has 7 heteroatoms. The van der Waals surface area contributed by atoms with Crippen molar-refractivity contribution in [3.8, 4) is 0 Å². The molecule has 0 aromatic heterocycles. The van der Waals surface area contributed by atoms with Crippen LogP contribution in [0.1, 0.15) is 54.1 Å². The molecule has 7 nitrogen and oxygen atoms in total. The normalized spacial score (nSPS) is 23.8. The van der Waals surface area contributed by atoms with Crippen LogP contribution < -0.4 is 10.6 Å². The smallest absolute Gasteiger partial charge is 0.255 e. The summed E-state index contributed by atoms with van der Waals surface area (Å²) in [4.78, 5) is 40.5. The average Bonchev–Trinajstić information content (AvgIpc) is 3.00. The molecule has 0 bridgehead atoms. The van der Waals surface area contributed by atoms with E-state index in [9.17, 15) is 14.4 Å². The molecule has 0 spiro atoms. The molecule has 1 unspecified atom stereocenters. The number of imide groups is 1. The summed E-state index contributed by atoms with van der Waals surface area (Å²) >= 11 is 0. The summed E-state index contributed by atoms with van der Waals surface area (Å²) in [5.74, 6) is -0.719. The van der Waals surface area contributed by atoms with Crippen molar-refractivity contribution in [3.05, 3.63) is 34.9 Å². The number of nitrogens with zero attached hydrogens (tertiary/aromatic N) is 2. The zero-order valence-corrected chi connectivity index (χ0v) is 16.4. The first-order chi connectivity index (χ1) is 13.5. The quantitative estimate of drug-likeness (QED) is 0.741. The lowest BCUT2D eigenvalue weighted by atomic mass is 10.0. The van der Waals surface area contributed by atoms with Gasteiger partial charge in [-0.05, 0) is 56.1 Å². The molecule has 150 valence electrons. The largest absolute Gasteiger partial charge is 0.322 e.